The first-order valence-corrected chi connectivity index (χ1v) is 7.40. The second-order valence-corrected chi connectivity index (χ2v) is 4.93. The molecular weight excluding hydrogens is 281 g/mol. The molecule has 5 heteroatoms. The molecule has 2 rings (SSSR count). The average molecular weight is 299 g/mol. The van der Waals surface area contributed by atoms with Gasteiger partial charge in [0.2, 0.25) is 5.88 Å². The number of ether oxygens (including phenoxy) is 1. The maximum absolute atomic E-state index is 13.3. The number of benzene rings is 1. The summed E-state index contributed by atoms with van der Waals surface area (Å²) in [4.78, 5) is 8.45. The Morgan fingerprint density at radius 2 is 2.09 bits per heavy atom. The fourth-order valence-corrected chi connectivity index (χ4v) is 2.02. The number of nitrogens with zero attached hydrogens (tertiary/aromatic N) is 3. The van der Waals surface area contributed by atoms with Crippen molar-refractivity contribution in [1.29, 1.82) is 5.26 Å². The van der Waals surface area contributed by atoms with Crippen molar-refractivity contribution in [3.63, 3.8) is 0 Å². The van der Waals surface area contributed by atoms with Crippen LogP contribution in [-0.2, 0) is 0 Å². The number of aromatic nitrogens is 2. The first-order chi connectivity index (χ1) is 10.7. The third kappa shape index (κ3) is 4.26. The zero-order valence-electron chi connectivity index (χ0n) is 12.6. The largest absolute Gasteiger partial charge is 0.478 e. The van der Waals surface area contributed by atoms with Crippen molar-refractivity contribution < 1.29 is 9.13 Å². The number of unbranched alkanes of at least 4 members (excludes halogenated alkanes) is 3. The molecule has 0 aliphatic heterocycles. The van der Waals surface area contributed by atoms with Crippen molar-refractivity contribution in [2.45, 2.75) is 32.6 Å². The first kappa shape index (κ1) is 15.9. The molecule has 1 aromatic heterocycles. The summed E-state index contributed by atoms with van der Waals surface area (Å²) in [5.74, 6) is 0.362. The molecule has 4 nitrogen and oxygen atoms in total. The quantitative estimate of drug-likeness (QED) is 0.722. The Hall–Kier alpha value is -2.48. The molecule has 0 N–H and O–H groups in total. The van der Waals surface area contributed by atoms with Gasteiger partial charge in [-0.15, -0.1) is 0 Å². The maximum Gasteiger partial charge on any atom is 0.216 e. The van der Waals surface area contributed by atoms with Crippen LogP contribution in [0.15, 0.2) is 30.5 Å². The van der Waals surface area contributed by atoms with Gasteiger partial charge in [-0.3, -0.25) is 0 Å². The van der Waals surface area contributed by atoms with E-state index in [1.54, 1.807) is 18.3 Å². The number of rotatable bonds is 7. The van der Waals surface area contributed by atoms with E-state index < -0.39 is 5.82 Å². The molecule has 0 atom stereocenters. The van der Waals surface area contributed by atoms with Crippen LogP contribution in [0.1, 0.15) is 38.2 Å². The number of hydrogen-bond acceptors (Lipinski definition) is 4. The normalized spacial score (nSPS) is 10.2. The molecule has 1 aromatic carbocycles. The van der Waals surface area contributed by atoms with Crippen LogP contribution in [0.4, 0.5) is 4.39 Å². The van der Waals surface area contributed by atoms with Crippen molar-refractivity contribution in [2.24, 2.45) is 0 Å². The van der Waals surface area contributed by atoms with Gasteiger partial charge in [0.1, 0.15) is 11.9 Å². The van der Waals surface area contributed by atoms with Gasteiger partial charge in [-0.2, -0.15) is 10.2 Å². The minimum absolute atomic E-state index is 0.0213. The zero-order chi connectivity index (χ0) is 15.8. The lowest BCUT2D eigenvalue weighted by Crippen LogP contribution is -2.00. The summed E-state index contributed by atoms with van der Waals surface area (Å²) in [5.41, 5.74) is 0.571. The molecule has 0 saturated heterocycles. The molecule has 2 aromatic rings. The summed E-state index contributed by atoms with van der Waals surface area (Å²) < 4.78 is 19.0. The molecule has 0 bridgehead atoms. The third-order valence-electron chi connectivity index (χ3n) is 3.22. The lowest BCUT2D eigenvalue weighted by Gasteiger charge is -2.07. The van der Waals surface area contributed by atoms with E-state index in [0.717, 1.165) is 12.8 Å². The molecule has 0 spiro atoms. The van der Waals surface area contributed by atoms with Gasteiger partial charge in [-0.1, -0.05) is 26.2 Å². The lowest BCUT2D eigenvalue weighted by atomic mass is 10.1. The minimum Gasteiger partial charge on any atom is -0.478 e. The number of nitriles is 1. The second-order valence-electron chi connectivity index (χ2n) is 4.93. The van der Waals surface area contributed by atoms with E-state index in [2.05, 4.69) is 16.9 Å². The lowest BCUT2D eigenvalue weighted by molar-refractivity contribution is 0.293. The fourth-order valence-electron chi connectivity index (χ4n) is 2.02. The van der Waals surface area contributed by atoms with Gasteiger partial charge in [0.15, 0.2) is 5.82 Å². The van der Waals surface area contributed by atoms with Crippen molar-refractivity contribution in [1.82, 2.24) is 9.97 Å². The summed E-state index contributed by atoms with van der Waals surface area (Å²) >= 11 is 0. The molecule has 1 heterocycles. The minimum atomic E-state index is -0.547. The number of hydrogen-bond donors (Lipinski definition) is 0. The van der Waals surface area contributed by atoms with E-state index in [9.17, 15) is 4.39 Å². The molecule has 0 saturated carbocycles. The number of halogens is 1. The van der Waals surface area contributed by atoms with Crippen LogP contribution in [0, 0.1) is 17.1 Å². The van der Waals surface area contributed by atoms with E-state index in [4.69, 9.17) is 10.00 Å². The summed E-state index contributed by atoms with van der Waals surface area (Å²) in [6.07, 6.45) is 6.10. The van der Waals surface area contributed by atoms with Gasteiger partial charge in [-0.05, 0) is 24.6 Å². The van der Waals surface area contributed by atoms with E-state index in [-0.39, 0.29) is 5.56 Å². The zero-order valence-corrected chi connectivity index (χ0v) is 12.6. The Morgan fingerprint density at radius 3 is 2.86 bits per heavy atom. The van der Waals surface area contributed by atoms with Crippen molar-refractivity contribution in [2.75, 3.05) is 6.61 Å². The summed E-state index contributed by atoms with van der Waals surface area (Å²) in [7, 11) is 0. The summed E-state index contributed by atoms with van der Waals surface area (Å²) in [5, 5.41) is 8.88. The van der Waals surface area contributed by atoms with Crippen LogP contribution in [0.2, 0.25) is 0 Å². The Kier molecular flexibility index (Phi) is 5.84. The van der Waals surface area contributed by atoms with Gasteiger partial charge < -0.3 is 4.74 Å². The molecule has 0 fully saturated rings. The molecule has 0 radical (unpaired) electrons. The Bertz CT molecular complexity index is 667. The molecule has 0 amide bonds. The Labute approximate surface area is 129 Å². The van der Waals surface area contributed by atoms with Crippen LogP contribution in [-0.4, -0.2) is 16.6 Å². The molecule has 0 aliphatic carbocycles. The van der Waals surface area contributed by atoms with Gasteiger partial charge in [0.05, 0.1) is 12.2 Å². The molecular formula is C17H18FN3O. The van der Waals surface area contributed by atoms with Crippen LogP contribution < -0.4 is 4.74 Å². The second kappa shape index (κ2) is 8.08. The highest BCUT2D eigenvalue weighted by atomic mass is 19.1. The standard InChI is InChI=1S/C17H18FN3O/c1-2-3-4-5-10-22-16-8-9-20-17(21-16)13-6-7-15(18)14(11-13)12-19/h6-9,11H,2-5,10H2,1H3. The van der Waals surface area contributed by atoms with Gasteiger partial charge in [-0.25, -0.2) is 9.37 Å². The highest BCUT2D eigenvalue weighted by Crippen LogP contribution is 2.20. The summed E-state index contributed by atoms with van der Waals surface area (Å²) in [6.45, 7) is 2.78. The van der Waals surface area contributed by atoms with E-state index in [1.165, 1.54) is 25.0 Å². The highest BCUT2D eigenvalue weighted by molar-refractivity contribution is 5.58. The summed E-state index contributed by atoms with van der Waals surface area (Å²) in [6, 6.07) is 7.74. The van der Waals surface area contributed by atoms with Crippen LogP contribution in [0.3, 0.4) is 0 Å². The molecule has 0 aliphatic rings. The van der Waals surface area contributed by atoms with Gasteiger partial charge >= 0.3 is 0 Å². The fraction of sp³-hybridized carbons (Fsp3) is 0.353. The smallest absolute Gasteiger partial charge is 0.216 e. The maximum atomic E-state index is 13.3. The average Bonchev–Trinajstić information content (AvgIpc) is 2.55. The predicted molar refractivity (Wildman–Crippen MR) is 81.8 cm³/mol. The molecule has 114 valence electrons. The molecule has 0 unspecified atom stereocenters. The van der Waals surface area contributed by atoms with Gasteiger partial charge in [0, 0.05) is 17.8 Å². The van der Waals surface area contributed by atoms with E-state index in [0.29, 0.717) is 23.9 Å². The van der Waals surface area contributed by atoms with Crippen molar-refractivity contribution in [3.8, 4) is 23.3 Å². The SMILES string of the molecule is CCCCCCOc1ccnc(-c2ccc(F)c(C#N)c2)n1. The van der Waals surface area contributed by atoms with Crippen molar-refractivity contribution in [3.05, 3.63) is 41.8 Å². The highest BCUT2D eigenvalue weighted by Gasteiger charge is 2.08. The Morgan fingerprint density at radius 1 is 1.23 bits per heavy atom. The first-order valence-electron chi connectivity index (χ1n) is 7.40. The monoisotopic (exact) mass is 299 g/mol. The predicted octanol–water partition coefficient (Wildman–Crippen LogP) is 4.11. The van der Waals surface area contributed by atoms with E-state index in [1.807, 2.05) is 6.07 Å². The van der Waals surface area contributed by atoms with E-state index >= 15 is 0 Å². The van der Waals surface area contributed by atoms with Crippen LogP contribution >= 0.6 is 0 Å². The Balaban J connectivity index is 2.07. The van der Waals surface area contributed by atoms with Crippen LogP contribution in [0.5, 0.6) is 5.88 Å². The van der Waals surface area contributed by atoms with Gasteiger partial charge in [0.25, 0.3) is 0 Å². The topological polar surface area (TPSA) is 58.8 Å². The van der Waals surface area contributed by atoms with Crippen LogP contribution in [0.25, 0.3) is 11.4 Å². The third-order valence-corrected chi connectivity index (χ3v) is 3.22. The molecule has 22 heavy (non-hydrogen) atoms. The van der Waals surface area contributed by atoms with Crippen molar-refractivity contribution >= 4 is 0 Å².